The lowest BCUT2D eigenvalue weighted by molar-refractivity contribution is 0.0390. The van der Waals surface area contributed by atoms with Crippen LogP contribution in [0.15, 0.2) is 24.4 Å². The lowest BCUT2D eigenvalue weighted by Gasteiger charge is -2.39. The molecule has 2 aliphatic rings. The summed E-state index contributed by atoms with van der Waals surface area (Å²) in [5.41, 5.74) is 0. The van der Waals surface area contributed by atoms with Gasteiger partial charge in [-0.25, -0.2) is 4.98 Å². The van der Waals surface area contributed by atoms with Crippen molar-refractivity contribution in [3.05, 3.63) is 24.4 Å². The number of pyridine rings is 1. The highest BCUT2D eigenvalue weighted by Gasteiger charge is 2.38. The number of aliphatic hydroxyl groups is 1. The third kappa shape index (κ3) is 2.62. The Kier molecular flexibility index (Phi) is 3.74. The number of hydrogen-bond acceptors (Lipinski definition) is 3. The van der Waals surface area contributed by atoms with Gasteiger partial charge in [0.15, 0.2) is 0 Å². The van der Waals surface area contributed by atoms with Crippen LogP contribution in [0.2, 0.25) is 0 Å². The van der Waals surface area contributed by atoms with Crippen LogP contribution in [0, 0.1) is 11.8 Å². The average molecular weight is 260 g/mol. The number of nitrogens with zero attached hydrogens (tertiary/aromatic N) is 2. The van der Waals surface area contributed by atoms with Crippen molar-refractivity contribution in [2.24, 2.45) is 11.8 Å². The molecule has 1 saturated carbocycles. The number of aliphatic hydroxyl groups excluding tert-OH is 1. The Morgan fingerprint density at radius 3 is 2.95 bits per heavy atom. The molecule has 0 spiro atoms. The molecule has 1 N–H and O–H groups in total. The van der Waals surface area contributed by atoms with Crippen molar-refractivity contribution in [1.82, 2.24) is 4.98 Å². The summed E-state index contributed by atoms with van der Waals surface area (Å²) in [5.74, 6) is 2.25. The highest BCUT2D eigenvalue weighted by Crippen LogP contribution is 2.38. The number of rotatable bonds is 2. The third-order valence-electron chi connectivity index (χ3n) is 4.86. The van der Waals surface area contributed by atoms with Gasteiger partial charge in [-0.05, 0) is 50.2 Å². The summed E-state index contributed by atoms with van der Waals surface area (Å²) >= 11 is 0. The molecule has 1 aromatic heterocycles. The quantitative estimate of drug-likeness (QED) is 0.888. The van der Waals surface area contributed by atoms with Crippen LogP contribution < -0.4 is 4.90 Å². The van der Waals surface area contributed by atoms with E-state index in [1.807, 2.05) is 12.3 Å². The zero-order chi connectivity index (χ0) is 13.2. The molecule has 2 fully saturated rings. The van der Waals surface area contributed by atoms with Gasteiger partial charge in [0.2, 0.25) is 0 Å². The van der Waals surface area contributed by atoms with Gasteiger partial charge < -0.3 is 10.0 Å². The zero-order valence-electron chi connectivity index (χ0n) is 11.7. The lowest BCUT2D eigenvalue weighted by atomic mass is 9.76. The molecule has 0 radical (unpaired) electrons. The topological polar surface area (TPSA) is 36.4 Å². The van der Waals surface area contributed by atoms with Crippen molar-refractivity contribution in [3.63, 3.8) is 0 Å². The van der Waals surface area contributed by atoms with E-state index in [9.17, 15) is 5.11 Å². The van der Waals surface area contributed by atoms with Crippen molar-refractivity contribution < 1.29 is 5.11 Å². The van der Waals surface area contributed by atoms with E-state index in [0.717, 1.165) is 31.1 Å². The van der Waals surface area contributed by atoms with Crippen molar-refractivity contribution in [1.29, 1.82) is 0 Å². The zero-order valence-corrected chi connectivity index (χ0v) is 11.7. The van der Waals surface area contributed by atoms with E-state index in [1.165, 1.54) is 19.3 Å². The largest absolute Gasteiger partial charge is 0.393 e. The number of anilines is 1. The Bertz CT molecular complexity index is 408. The molecule has 2 heterocycles. The van der Waals surface area contributed by atoms with Crippen LogP contribution in [0.5, 0.6) is 0 Å². The van der Waals surface area contributed by atoms with Gasteiger partial charge in [-0.15, -0.1) is 0 Å². The molecule has 1 aromatic rings. The van der Waals surface area contributed by atoms with Crippen molar-refractivity contribution in [3.8, 4) is 0 Å². The van der Waals surface area contributed by atoms with E-state index < -0.39 is 0 Å². The maximum atomic E-state index is 10.4. The van der Waals surface area contributed by atoms with E-state index in [0.29, 0.717) is 12.0 Å². The Balaban J connectivity index is 1.79. The summed E-state index contributed by atoms with van der Waals surface area (Å²) in [4.78, 5) is 6.92. The highest BCUT2D eigenvalue weighted by molar-refractivity contribution is 5.40. The molecule has 3 nitrogen and oxygen atoms in total. The van der Waals surface area contributed by atoms with E-state index in [-0.39, 0.29) is 6.10 Å². The van der Waals surface area contributed by atoms with Crippen LogP contribution in [0.4, 0.5) is 5.82 Å². The molecule has 4 atom stereocenters. The third-order valence-corrected chi connectivity index (χ3v) is 4.86. The van der Waals surface area contributed by atoms with Gasteiger partial charge in [-0.2, -0.15) is 0 Å². The second-order valence-electron chi connectivity index (χ2n) is 6.24. The predicted octanol–water partition coefficient (Wildman–Crippen LogP) is 2.85. The van der Waals surface area contributed by atoms with Gasteiger partial charge in [0.05, 0.1) is 6.10 Å². The predicted molar refractivity (Wildman–Crippen MR) is 77.1 cm³/mol. The minimum absolute atomic E-state index is 0.120. The highest BCUT2D eigenvalue weighted by atomic mass is 16.3. The van der Waals surface area contributed by atoms with Crippen molar-refractivity contribution in [2.45, 2.75) is 51.2 Å². The van der Waals surface area contributed by atoms with Crippen LogP contribution in [0.3, 0.4) is 0 Å². The van der Waals surface area contributed by atoms with Gasteiger partial charge in [0.1, 0.15) is 5.82 Å². The van der Waals surface area contributed by atoms with Crippen LogP contribution in [0.25, 0.3) is 0 Å². The van der Waals surface area contributed by atoms with Gasteiger partial charge >= 0.3 is 0 Å². The molecular formula is C16H24N2O. The Labute approximate surface area is 115 Å². The fourth-order valence-electron chi connectivity index (χ4n) is 3.87. The maximum Gasteiger partial charge on any atom is 0.128 e. The second kappa shape index (κ2) is 5.49. The summed E-state index contributed by atoms with van der Waals surface area (Å²) in [6.07, 6.45) is 7.47. The lowest BCUT2D eigenvalue weighted by Crippen LogP contribution is -2.44. The molecule has 0 unspecified atom stereocenters. The fourth-order valence-corrected chi connectivity index (χ4v) is 3.87. The second-order valence-corrected chi connectivity index (χ2v) is 6.24. The minimum atomic E-state index is -0.120. The van der Waals surface area contributed by atoms with E-state index in [1.54, 1.807) is 0 Å². The van der Waals surface area contributed by atoms with Gasteiger partial charge in [0.25, 0.3) is 0 Å². The van der Waals surface area contributed by atoms with Crippen LogP contribution in [-0.4, -0.2) is 28.8 Å². The minimum Gasteiger partial charge on any atom is -0.393 e. The van der Waals surface area contributed by atoms with Gasteiger partial charge in [-0.1, -0.05) is 13.0 Å². The van der Waals surface area contributed by atoms with Crippen LogP contribution in [-0.2, 0) is 0 Å². The first-order valence-corrected chi connectivity index (χ1v) is 7.61. The molecule has 3 rings (SSSR count). The molecule has 19 heavy (non-hydrogen) atoms. The monoisotopic (exact) mass is 260 g/mol. The number of aromatic nitrogens is 1. The Morgan fingerprint density at radius 1 is 1.26 bits per heavy atom. The molecule has 0 amide bonds. The van der Waals surface area contributed by atoms with E-state index in [2.05, 4.69) is 28.9 Å². The molecule has 1 aliphatic carbocycles. The van der Waals surface area contributed by atoms with Gasteiger partial charge in [-0.3, -0.25) is 0 Å². The Morgan fingerprint density at radius 2 is 2.16 bits per heavy atom. The first-order chi connectivity index (χ1) is 9.25. The summed E-state index contributed by atoms with van der Waals surface area (Å²) in [5, 5.41) is 10.4. The molecule has 3 heteroatoms. The maximum absolute atomic E-state index is 10.4. The summed E-state index contributed by atoms with van der Waals surface area (Å²) in [6.45, 7) is 3.40. The SMILES string of the molecule is C[C@@H]1CC[C@H](O)[C@@H]([C@H]2CCCN2c2ccccn2)C1. The Hall–Kier alpha value is -1.09. The molecule has 104 valence electrons. The van der Waals surface area contributed by atoms with Gasteiger partial charge in [0, 0.05) is 24.7 Å². The first-order valence-electron chi connectivity index (χ1n) is 7.61. The molecule has 0 bridgehead atoms. The van der Waals surface area contributed by atoms with E-state index >= 15 is 0 Å². The molecular weight excluding hydrogens is 236 g/mol. The summed E-state index contributed by atoms with van der Waals surface area (Å²) < 4.78 is 0. The number of hydrogen-bond donors (Lipinski definition) is 1. The molecule has 0 aromatic carbocycles. The van der Waals surface area contributed by atoms with E-state index in [4.69, 9.17) is 0 Å². The van der Waals surface area contributed by atoms with Crippen LogP contribution in [0.1, 0.15) is 39.0 Å². The fraction of sp³-hybridized carbons (Fsp3) is 0.688. The first kappa shape index (κ1) is 12.9. The standard InChI is InChI=1S/C16H24N2O/c1-12-7-8-15(19)13(11-12)14-5-4-10-18(14)16-6-2-3-9-17-16/h2-3,6,9,12-15,19H,4-5,7-8,10-11H2,1H3/t12-,13-,14-,15+/m1/s1. The smallest absolute Gasteiger partial charge is 0.128 e. The van der Waals surface area contributed by atoms with Crippen LogP contribution >= 0.6 is 0 Å². The average Bonchev–Trinajstić information content (AvgIpc) is 2.91. The summed E-state index contributed by atoms with van der Waals surface area (Å²) in [7, 11) is 0. The van der Waals surface area contributed by atoms with Crippen molar-refractivity contribution >= 4 is 5.82 Å². The van der Waals surface area contributed by atoms with Crippen molar-refractivity contribution in [2.75, 3.05) is 11.4 Å². The normalized spacial score (nSPS) is 35.6. The summed E-state index contributed by atoms with van der Waals surface area (Å²) in [6, 6.07) is 6.59. The molecule has 1 aliphatic heterocycles. The molecule has 1 saturated heterocycles.